The first kappa shape index (κ1) is 18.3. The summed E-state index contributed by atoms with van der Waals surface area (Å²) < 4.78 is 6.15. The van der Waals surface area contributed by atoms with Crippen LogP contribution in [0.1, 0.15) is 29.3 Å². The Morgan fingerprint density at radius 1 is 1.38 bits per heavy atom. The predicted octanol–water partition coefficient (Wildman–Crippen LogP) is 2.51. The van der Waals surface area contributed by atoms with Gasteiger partial charge in [0, 0.05) is 19.0 Å². The van der Waals surface area contributed by atoms with Gasteiger partial charge in [0.2, 0.25) is 0 Å². The Kier molecular flexibility index (Phi) is 6.20. The monoisotopic (exact) mass is 346 g/mol. The van der Waals surface area contributed by atoms with E-state index in [1.54, 1.807) is 7.05 Å². The molecule has 2 rings (SSSR count). The molecule has 0 spiro atoms. The Hall–Kier alpha value is -2.08. The molecule has 1 aromatic heterocycles. The molecule has 0 N–H and O–H groups in total. The number of rotatable bonds is 6. The van der Waals surface area contributed by atoms with Crippen LogP contribution in [0.25, 0.3) is 0 Å². The highest BCUT2D eigenvalue weighted by molar-refractivity contribution is 7.99. The third-order valence-corrected chi connectivity index (χ3v) is 4.78. The van der Waals surface area contributed by atoms with Crippen LogP contribution in [0, 0.1) is 6.92 Å². The first-order valence-electron chi connectivity index (χ1n) is 7.80. The average molecular weight is 346 g/mol. The number of nitrogens with zero attached hydrogens (tertiary/aromatic N) is 2. The maximum absolute atomic E-state index is 12.8. The molecule has 0 fully saturated rings. The van der Waals surface area contributed by atoms with Crippen LogP contribution in [0.2, 0.25) is 0 Å². The van der Waals surface area contributed by atoms with E-state index in [0.717, 1.165) is 11.3 Å². The van der Waals surface area contributed by atoms with E-state index in [9.17, 15) is 9.59 Å². The number of hydrogen-bond donors (Lipinski definition) is 0. The SMILES string of the molecule is CCc1nc(SCC(=O)OC)n(C)c(=O)c1Cc1cccc(C)c1. The van der Waals surface area contributed by atoms with E-state index in [1.807, 2.05) is 32.0 Å². The minimum Gasteiger partial charge on any atom is -0.468 e. The molecule has 0 saturated carbocycles. The van der Waals surface area contributed by atoms with Gasteiger partial charge in [-0.15, -0.1) is 0 Å². The summed E-state index contributed by atoms with van der Waals surface area (Å²) in [6, 6.07) is 8.13. The van der Waals surface area contributed by atoms with Crippen LogP contribution >= 0.6 is 11.8 Å². The molecule has 1 aromatic carbocycles. The van der Waals surface area contributed by atoms with Crippen molar-refractivity contribution in [1.29, 1.82) is 0 Å². The number of thioether (sulfide) groups is 1. The number of carbonyl (C=O) groups is 1. The van der Waals surface area contributed by atoms with Gasteiger partial charge in [0.1, 0.15) is 0 Å². The van der Waals surface area contributed by atoms with Crippen molar-refractivity contribution in [2.24, 2.45) is 7.05 Å². The minimum atomic E-state index is -0.337. The van der Waals surface area contributed by atoms with Gasteiger partial charge in [-0.1, -0.05) is 48.5 Å². The van der Waals surface area contributed by atoms with Crippen molar-refractivity contribution in [1.82, 2.24) is 9.55 Å². The third-order valence-electron chi connectivity index (χ3n) is 3.77. The largest absolute Gasteiger partial charge is 0.468 e. The number of carbonyl (C=O) groups excluding carboxylic acids is 1. The summed E-state index contributed by atoms with van der Waals surface area (Å²) in [7, 11) is 3.03. The van der Waals surface area contributed by atoms with Crippen LogP contribution < -0.4 is 5.56 Å². The minimum absolute atomic E-state index is 0.0595. The fourth-order valence-electron chi connectivity index (χ4n) is 2.48. The lowest BCUT2D eigenvalue weighted by Crippen LogP contribution is -2.27. The highest BCUT2D eigenvalue weighted by Gasteiger charge is 2.15. The molecule has 2 aromatic rings. The molecule has 0 radical (unpaired) electrons. The molecule has 128 valence electrons. The third kappa shape index (κ3) is 4.26. The number of ether oxygens (including phenoxy) is 1. The predicted molar refractivity (Wildman–Crippen MR) is 95.6 cm³/mol. The van der Waals surface area contributed by atoms with Crippen LogP contribution in [-0.2, 0) is 29.4 Å². The Morgan fingerprint density at radius 3 is 2.75 bits per heavy atom. The van der Waals surface area contributed by atoms with E-state index in [4.69, 9.17) is 0 Å². The summed E-state index contributed by atoms with van der Waals surface area (Å²) >= 11 is 1.22. The average Bonchev–Trinajstić information content (AvgIpc) is 2.58. The molecule has 5 nitrogen and oxygen atoms in total. The molecular weight excluding hydrogens is 324 g/mol. The van der Waals surface area contributed by atoms with Crippen LogP contribution in [0.5, 0.6) is 0 Å². The number of aromatic nitrogens is 2. The molecule has 0 atom stereocenters. The fraction of sp³-hybridized carbons (Fsp3) is 0.389. The Balaban J connectivity index is 2.37. The normalized spacial score (nSPS) is 10.7. The lowest BCUT2D eigenvalue weighted by molar-refractivity contribution is -0.137. The summed E-state index contributed by atoms with van der Waals surface area (Å²) in [6.45, 7) is 4.02. The van der Waals surface area contributed by atoms with Crippen LogP contribution in [0.4, 0.5) is 0 Å². The fourth-order valence-corrected chi connectivity index (χ4v) is 3.29. The van der Waals surface area contributed by atoms with Gasteiger partial charge >= 0.3 is 5.97 Å². The van der Waals surface area contributed by atoms with E-state index >= 15 is 0 Å². The van der Waals surface area contributed by atoms with Gasteiger partial charge in [-0.2, -0.15) is 0 Å². The highest BCUT2D eigenvalue weighted by Crippen LogP contribution is 2.18. The summed E-state index contributed by atoms with van der Waals surface area (Å²) in [5, 5.41) is 0.537. The van der Waals surface area contributed by atoms with Crippen molar-refractivity contribution in [2.75, 3.05) is 12.9 Å². The molecule has 0 aliphatic carbocycles. The number of aryl methyl sites for hydroxylation is 2. The smallest absolute Gasteiger partial charge is 0.316 e. The van der Waals surface area contributed by atoms with Crippen molar-refractivity contribution in [3.8, 4) is 0 Å². The van der Waals surface area contributed by atoms with E-state index in [1.165, 1.54) is 29.0 Å². The number of hydrogen-bond acceptors (Lipinski definition) is 5. The molecule has 0 aliphatic rings. The first-order valence-corrected chi connectivity index (χ1v) is 8.78. The molecule has 0 aliphatic heterocycles. The van der Waals surface area contributed by atoms with Crippen molar-refractivity contribution in [3.63, 3.8) is 0 Å². The van der Waals surface area contributed by atoms with E-state index < -0.39 is 0 Å². The second-order valence-corrected chi connectivity index (χ2v) is 6.51. The van der Waals surface area contributed by atoms with Crippen molar-refractivity contribution in [2.45, 2.75) is 31.8 Å². The lowest BCUT2D eigenvalue weighted by Gasteiger charge is -2.13. The Bertz CT molecular complexity index is 799. The van der Waals surface area contributed by atoms with Crippen molar-refractivity contribution >= 4 is 17.7 Å². The quantitative estimate of drug-likeness (QED) is 0.457. The maximum atomic E-state index is 12.8. The molecular formula is C18H22N2O3S. The summed E-state index contributed by atoms with van der Waals surface area (Å²) in [5.41, 5.74) is 3.70. The topological polar surface area (TPSA) is 61.2 Å². The second-order valence-electron chi connectivity index (χ2n) is 5.57. The van der Waals surface area contributed by atoms with Crippen LogP contribution in [0.3, 0.4) is 0 Å². The zero-order valence-electron chi connectivity index (χ0n) is 14.5. The van der Waals surface area contributed by atoms with Gasteiger partial charge in [-0.05, 0) is 18.9 Å². The maximum Gasteiger partial charge on any atom is 0.316 e. The summed E-state index contributed by atoms with van der Waals surface area (Å²) in [4.78, 5) is 28.7. The van der Waals surface area contributed by atoms with Crippen molar-refractivity contribution in [3.05, 3.63) is 57.0 Å². The van der Waals surface area contributed by atoms with Crippen LogP contribution in [-0.4, -0.2) is 28.4 Å². The summed E-state index contributed by atoms with van der Waals surface area (Å²) in [5.74, 6) is -0.201. The second kappa shape index (κ2) is 8.15. The number of methoxy groups -OCH3 is 1. The van der Waals surface area contributed by atoms with E-state index in [2.05, 4.69) is 15.8 Å². The molecule has 0 bridgehead atoms. The molecule has 0 saturated heterocycles. The van der Waals surface area contributed by atoms with E-state index in [0.29, 0.717) is 23.6 Å². The molecule has 0 unspecified atom stereocenters. The Morgan fingerprint density at radius 2 is 2.12 bits per heavy atom. The van der Waals surface area contributed by atoms with Gasteiger partial charge in [0.25, 0.3) is 5.56 Å². The van der Waals surface area contributed by atoms with E-state index in [-0.39, 0.29) is 17.3 Å². The lowest BCUT2D eigenvalue weighted by atomic mass is 10.0. The summed E-state index contributed by atoms with van der Waals surface area (Å²) in [6.07, 6.45) is 1.23. The van der Waals surface area contributed by atoms with Gasteiger partial charge < -0.3 is 4.74 Å². The first-order chi connectivity index (χ1) is 11.5. The zero-order valence-corrected chi connectivity index (χ0v) is 15.3. The van der Waals surface area contributed by atoms with Crippen molar-refractivity contribution < 1.29 is 9.53 Å². The van der Waals surface area contributed by atoms with Gasteiger partial charge in [-0.25, -0.2) is 4.98 Å². The highest BCUT2D eigenvalue weighted by atomic mass is 32.2. The van der Waals surface area contributed by atoms with Gasteiger partial charge in [0.15, 0.2) is 5.16 Å². The Labute approximate surface area is 146 Å². The number of esters is 1. The molecule has 1 heterocycles. The molecule has 6 heteroatoms. The number of benzene rings is 1. The standard InChI is InChI=1S/C18H22N2O3S/c1-5-15-14(10-13-8-6-7-12(2)9-13)17(22)20(3)18(19-15)24-11-16(21)23-4/h6-9H,5,10-11H2,1-4H3. The van der Waals surface area contributed by atoms with Gasteiger partial charge in [0.05, 0.1) is 18.6 Å². The molecule has 0 amide bonds. The van der Waals surface area contributed by atoms with Gasteiger partial charge in [-0.3, -0.25) is 14.2 Å². The van der Waals surface area contributed by atoms with Crippen LogP contribution in [0.15, 0.2) is 34.2 Å². The zero-order chi connectivity index (χ0) is 17.7. The molecule has 24 heavy (non-hydrogen) atoms.